The van der Waals surface area contributed by atoms with E-state index in [0.717, 1.165) is 4.90 Å². The summed E-state index contributed by atoms with van der Waals surface area (Å²) >= 11 is 15.0. The number of carbonyl (C=O) groups excluding carboxylic acids is 3. The van der Waals surface area contributed by atoms with Crippen molar-refractivity contribution in [1.82, 2.24) is 4.90 Å². The van der Waals surface area contributed by atoms with Gasteiger partial charge in [0, 0.05) is 12.1 Å². The lowest BCUT2D eigenvalue weighted by Crippen LogP contribution is -2.57. The summed E-state index contributed by atoms with van der Waals surface area (Å²) in [6.07, 6.45) is 0. The second-order valence-electron chi connectivity index (χ2n) is 10.8. The number of nitrogens with one attached hydrogen (secondary N) is 1. The second kappa shape index (κ2) is 9.29. The molecule has 1 fully saturated rings. The van der Waals surface area contributed by atoms with Gasteiger partial charge in [0.2, 0.25) is 17.7 Å². The number of nitro groups is 1. The number of carbonyl (C=O) groups is 3. The molecule has 0 unspecified atom stereocenters. The van der Waals surface area contributed by atoms with E-state index in [1.165, 1.54) is 25.3 Å². The second-order valence-corrected chi connectivity index (χ2v) is 12.0. The Morgan fingerprint density at radius 1 is 0.927 bits per heavy atom. The van der Waals surface area contributed by atoms with Gasteiger partial charge in [0.15, 0.2) is 0 Å². The molecular formula is C30H25Cl2N3O6. The molecule has 3 aromatic carbocycles. The molecule has 3 aromatic rings. The number of amides is 3. The van der Waals surface area contributed by atoms with E-state index in [2.05, 4.69) is 5.32 Å². The number of benzene rings is 3. The van der Waals surface area contributed by atoms with Gasteiger partial charge in [0.25, 0.3) is 5.69 Å². The third kappa shape index (κ3) is 3.51. The van der Waals surface area contributed by atoms with Crippen LogP contribution in [0.15, 0.2) is 66.7 Å². The third-order valence-electron chi connectivity index (χ3n) is 8.46. The summed E-state index contributed by atoms with van der Waals surface area (Å²) in [6.45, 7) is 3.38. The van der Waals surface area contributed by atoms with E-state index in [0.29, 0.717) is 22.3 Å². The van der Waals surface area contributed by atoms with Gasteiger partial charge in [0.1, 0.15) is 27.2 Å². The molecule has 9 nitrogen and oxygen atoms in total. The first-order chi connectivity index (χ1) is 19.5. The van der Waals surface area contributed by atoms with Crippen LogP contribution < -0.4 is 10.1 Å². The molecule has 0 radical (unpaired) electrons. The molecule has 2 bridgehead atoms. The number of ether oxygens (including phenoxy) is 1. The molecule has 41 heavy (non-hydrogen) atoms. The Hall–Kier alpha value is -3.95. The molecular weight excluding hydrogens is 569 g/mol. The van der Waals surface area contributed by atoms with Crippen LogP contribution in [0.25, 0.3) is 0 Å². The molecule has 1 heterocycles. The maximum absolute atomic E-state index is 14.3. The number of alkyl halides is 2. The number of likely N-dealkylation sites (tertiary alicyclic amines) is 1. The highest BCUT2D eigenvalue weighted by molar-refractivity contribution is 6.36. The predicted octanol–water partition coefficient (Wildman–Crippen LogP) is 5.16. The van der Waals surface area contributed by atoms with Crippen molar-refractivity contribution in [2.75, 3.05) is 12.4 Å². The number of hydrogen-bond donors (Lipinski definition) is 1. The van der Waals surface area contributed by atoms with Crippen LogP contribution in [0.4, 0.5) is 11.4 Å². The highest BCUT2D eigenvalue weighted by Crippen LogP contribution is 2.69. The van der Waals surface area contributed by atoms with Gasteiger partial charge < -0.3 is 10.1 Å². The van der Waals surface area contributed by atoms with Gasteiger partial charge in [-0.15, -0.1) is 23.2 Å². The number of imide groups is 1. The summed E-state index contributed by atoms with van der Waals surface area (Å²) in [5, 5.41) is 14.2. The van der Waals surface area contributed by atoms with E-state index in [-0.39, 0.29) is 17.1 Å². The number of nitro benzene ring substituents is 1. The summed E-state index contributed by atoms with van der Waals surface area (Å²) in [5.41, 5.74) is 2.12. The zero-order valence-electron chi connectivity index (χ0n) is 22.3. The van der Waals surface area contributed by atoms with E-state index >= 15 is 0 Å². The van der Waals surface area contributed by atoms with Crippen LogP contribution in [0.2, 0.25) is 0 Å². The van der Waals surface area contributed by atoms with Gasteiger partial charge in [-0.2, -0.15) is 0 Å². The summed E-state index contributed by atoms with van der Waals surface area (Å²) in [6, 6.07) is 17.2. The fraction of sp³-hybridized carbons (Fsp3) is 0.300. The molecule has 11 heteroatoms. The topological polar surface area (TPSA) is 119 Å². The summed E-state index contributed by atoms with van der Waals surface area (Å²) in [5.74, 6) is -4.39. The standard InChI is InChI=1S/C30H25Cl2N3O6/c1-15(2)25(26(36)33-21-14-16(41-3)12-13-22(21)35(39)40)34-27(37)23-24(28(34)38)30(32)18-9-5-4-8-17(18)29(23,31)19-10-6-7-11-20(19)30/h4-15,23-25H,1-3H3,(H,33,36)/t23-,24-,25-,29?,30?/m0/s1. The highest BCUT2D eigenvalue weighted by atomic mass is 35.5. The number of anilines is 1. The molecule has 0 aromatic heterocycles. The maximum atomic E-state index is 14.3. The van der Waals surface area contributed by atoms with E-state index in [9.17, 15) is 24.5 Å². The smallest absolute Gasteiger partial charge is 0.293 e. The zero-order chi connectivity index (χ0) is 29.4. The SMILES string of the molecule is COc1ccc([N+](=O)[O-])c(NC(=O)[C@H](C(C)C)N2C(=O)[C@@H]3[C@@H](C2=O)C2(Cl)c4ccccc4C3(Cl)c3ccccc32)c1. The Kier molecular flexibility index (Phi) is 6.17. The molecule has 3 atom stereocenters. The molecule has 210 valence electrons. The summed E-state index contributed by atoms with van der Waals surface area (Å²) in [7, 11) is 1.39. The van der Waals surface area contributed by atoms with Crippen LogP contribution in [0.1, 0.15) is 36.1 Å². The average Bonchev–Trinajstić information content (AvgIpc) is 3.22. The van der Waals surface area contributed by atoms with Gasteiger partial charge in [0.05, 0.1) is 23.9 Å². The fourth-order valence-electron chi connectivity index (χ4n) is 6.79. The van der Waals surface area contributed by atoms with Crippen molar-refractivity contribution < 1.29 is 24.0 Å². The molecule has 0 spiro atoms. The van der Waals surface area contributed by atoms with E-state index < -0.39 is 56.2 Å². The first kappa shape index (κ1) is 27.2. The van der Waals surface area contributed by atoms with Crippen LogP contribution in [-0.2, 0) is 24.1 Å². The van der Waals surface area contributed by atoms with Crippen LogP contribution in [0.3, 0.4) is 0 Å². The Balaban J connectivity index is 1.46. The normalized spacial score (nSPS) is 26.3. The molecule has 3 amide bonds. The minimum absolute atomic E-state index is 0.121. The minimum Gasteiger partial charge on any atom is -0.497 e. The monoisotopic (exact) mass is 593 g/mol. The van der Waals surface area contributed by atoms with Crippen molar-refractivity contribution in [1.29, 1.82) is 0 Å². The Morgan fingerprint density at radius 2 is 1.39 bits per heavy atom. The van der Waals surface area contributed by atoms with Crippen molar-refractivity contribution in [2.24, 2.45) is 17.8 Å². The van der Waals surface area contributed by atoms with Crippen molar-refractivity contribution >= 4 is 52.3 Å². The van der Waals surface area contributed by atoms with Crippen LogP contribution in [0, 0.1) is 27.9 Å². The minimum atomic E-state index is -1.39. The third-order valence-corrected chi connectivity index (χ3v) is 9.74. The molecule has 3 aliphatic carbocycles. The first-order valence-corrected chi connectivity index (χ1v) is 13.8. The predicted molar refractivity (Wildman–Crippen MR) is 152 cm³/mol. The highest BCUT2D eigenvalue weighted by Gasteiger charge is 2.73. The summed E-state index contributed by atoms with van der Waals surface area (Å²) < 4.78 is 5.17. The van der Waals surface area contributed by atoms with E-state index in [1.807, 2.05) is 48.5 Å². The molecule has 7 rings (SSSR count). The van der Waals surface area contributed by atoms with Crippen molar-refractivity contribution in [3.05, 3.63) is 99.1 Å². The van der Waals surface area contributed by atoms with E-state index in [4.69, 9.17) is 27.9 Å². The molecule has 0 saturated carbocycles. The van der Waals surface area contributed by atoms with Gasteiger partial charge in [-0.05, 0) is 34.2 Å². The van der Waals surface area contributed by atoms with Crippen LogP contribution in [-0.4, -0.2) is 40.7 Å². The van der Waals surface area contributed by atoms with Crippen molar-refractivity contribution in [3.63, 3.8) is 0 Å². The number of rotatable bonds is 6. The number of methoxy groups -OCH3 is 1. The lowest BCUT2D eigenvalue weighted by Gasteiger charge is -2.54. The fourth-order valence-corrected chi connectivity index (χ4v) is 7.89. The van der Waals surface area contributed by atoms with Gasteiger partial charge in [-0.1, -0.05) is 62.4 Å². The van der Waals surface area contributed by atoms with Crippen molar-refractivity contribution in [3.8, 4) is 5.75 Å². The number of hydrogen-bond acceptors (Lipinski definition) is 6. The Labute approximate surface area is 245 Å². The van der Waals surface area contributed by atoms with Crippen molar-refractivity contribution in [2.45, 2.75) is 29.6 Å². The molecule has 1 aliphatic heterocycles. The Bertz CT molecular complexity index is 1540. The molecule has 4 aliphatic rings. The average molecular weight is 594 g/mol. The van der Waals surface area contributed by atoms with Gasteiger partial charge in [-0.3, -0.25) is 29.4 Å². The quantitative estimate of drug-likeness (QED) is 0.182. The molecule has 1 saturated heterocycles. The van der Waals surface area contributed by atoms with Crippen LogP contribution >= 0.6 is 23.2 Å². The molecule has 1 N–H and O–H groups in total. The zero-order valence-corrected chi connectivity index (χ0v) is 23.8. The summed E-state index contributed by atoms with van der Waals surface area (Å²) in [4.78, 5) is 51.7. The lowest BCUT2D eigenvalue weighted by molar-refractivity contribution is -0.383. The largest absolute Gasteiger partial charge is 0.497 e. The number of halogens is 2. The first-order valence-electron chi connectivity index (χ1n) is 13.1. The van der Waals surface area contributed by atoms with Crippen LogP contribution in [0.5, 0.6) is 5.75 Å². The van der Waals surface area contributed by atoms with Gasteiger partial charge in [-0.25, -0.2) is 0 Å². The number of nitrogens with zero attached hydrogens (tertiary/aromatic N) is 2. The Morgan fingerprint density at radius 3 is 1.78 bits per heavy atom. The lowest BCUT2D eigenvalue weighted by atomic mass is 9.54. The van der Waals surface area contributed by atoms with Gasteiger partial charge >= 0.3 is 0 Å². The van der Waals surface area contributed by atoms with E-state index in [1.54, 1.807) is 13.8 Å². The maximum Gasteiger partial charge on any atom is 0.293 e.